The predicted octanol–water partition coefficient (Wildman–Crippen LogP) is 5.02. The quantitative estimate of drug-likeness (QED) is 0.165. The van der Waals surface area contributed by atoms with Crippen molar-refractivity contribution < 1.29 is 99.0 Å². The van der Waals surface area contributed by atoms with Crippen LogP contribution in [-0.4, -0.2) is 183 Å². The number of carbonyl (C=O) groups excluding carboxylic acids is 3. The van der Waals surface area contributed by atoms with Crippen molar-refractivity contribution in [1.29, 1.82) is 0 Å². The molecule has 512 valence electrons. The van der Waals surface area contributed by atoms with Crippen molar-refractivity contribution in [2.75, 3.05) is 0 Å². The molecule has 13 N–H and O–H groups in total. The number of rotatable bonds is 3. The van der Waals surface area contributed by atoms with Gasteiger partial charge in [0.05, 0.1) is 79.6 Å². The molecule has 0 radical (unpaired) electrons. The molecule has 0 amide bonds. The number of cyclic esters (lactones) is 1. The minimum absolute atomic E-state index is 0.0561. The average Bonchev–Trinajstić information content (AvgIpc) is 1.48. The normalized spacial score (nSPS) is 50.3. The number of esters is 2. The Kier molecular flexibility index (Phi) is 23.3. The Labute approximate surface area is 540 Å². The summed E-state index contributed by atoms with van der Waals surface area (Å²) < 4.78 is 29.4. The summed E-state index contributed by atoms with van der Waals surface area (Å²) in [6.07, 6.45) is 14.0. The third-order valence-corrected chi connectivity index (χ3v) is 22.9. The molecule has 5 saturated carbocycles. The van der Waals surface area contributed by atoms with Gasteiger partial charge in [-0.05, 0) is 119 Å². The smallest absolute Gasteiger partial charge is 0.311 e. The number of carboxylic acids is 1. The van der Waals surface area contributed by atoms with Gasteiger partial charge >= 0.3 is 17.9 Å². The Balaban J connectivity index is 0.000000299. The van der Waals surface area contributed by atoms with E-state index in [2.05, 4.69) is 19.9 Å². The highest BCUT2D eigenvalue weighted by molar-refractivity contribution is 5.92. The van der Waals surface area contributed by atoms with E-state index in [4.69, 9.17) is 29.4 Å². The Morgan fingerprint density at radius 1 is 0.630 bits per heavy atom. The van der Waals surface area contributed by atoms with Gasteiger partial charge in [0.2, 0.25) is 0 Å². The second kappa shape index (κ2) is 29.8. The van der Waals surface area contributed by atoms with Crippen molar-refractivity contribution in [3.05, 3.63) is 96.7 Å². The topological polar surface area (TPSA) is 363 Å². The minimum Gasteiger partial charge on any atom is -0.481 e. The lowest BCUT2D eigenvalue weighted by Crippen LogP contribution is -2.61. The van der Waals surface area contributed by atoms with Crippen LogP contribution in [0.3, 0.4) is 0 Å². The fourth-order valence-corrected chi connectivity index (χ4v) is 17.7. The molecule has 0 aromatic heterocycles. The van der Waals surface area contributed by atoms with Crippen LogP contribution >= 0.6 is 0 Å². The second-order valence-electron chi connectivity index (χ2n) is 29.1. The third kappa shape index (κ3) is 15.8. The average molecular weight is 1290 g/mol. The molecule has 2 bridgehead atoms. The summed E-state index contributed by atoms with van der Waals surface area (Å²) in [4.78, 5) is 49.4. The van der Waals surface area contributed by atoms with Crippen molar-refractivity contribution in [3.63, 3.8) is 0 Å². The summed E-state index contributed by atoms with van der Waals surface area (Å²) in [5, 5.41) is 118. The molecule has 92 heavy (non-hydrogen) atoms. The number of hydrogen-bond acceptors (Lipinski definition) is 20. The zero-order chi connectivity index (χ0) is 66.8. The summed E-state index contributed by atoms with van der Waals surface area (Å²) in [6, 6.07) is -1.15. The number of ether oxygens (including phenoxy) is 5. The van der Waals surface area contributed by atoms with E-state index in [1.165, 1.54) is 44.3 Å². The number of aliphatic hydroxyl groups is 10. The third-order valence-electron chi connectivity index (χ3n) is 22.9. The largest absolute Gasteiger partial charge is 0.481 e. The van der Waals surface area contributed by atoms with E-state index in [9.17, 15) is 75.3 Å². The lowest BCUT2D eigenvalue weighted by Gasteiger charge is -2.60. The van der Waals surface area contributed by atoms with Crippen LogP contribution < -0.4 is 5.73 Å². The summed E-state index contributed by atoms with van der Waals surface area (Å²) in [5.74, 6) is -1.18. The molecule has 10 aliphatic rings. The van der Waals surface area contributed by atoms with E-state index in [-0.39, 0.29) is 54.0 Å². The summed E-state index contributed by atoms with van der Waals surface area (Å²) >= 11 is 0. The lowest BCUT2D eigenvalue weighted by molar-refractivity contribution is -0.308. The number of ketones is 1. The summed E-state index contributed by atoms with van der Waals surface area (Å²) in [7, 11) is 0. The first-order valence-corrected chi connectivity index (χ1v) is 33.7. The molecular weight excluding hydrogens is 1190 g/mol. The van der Waals surface area contributed by atoms with Crippen LogP contribution in [0.2, 0.25) is 0 Å². The monoisotopic (exact) mass is 1290 g/mol. The Bertz CT molecular complexity index is 2850. The number of aliphatic hydroxyl groups excluding tert-OH is 9. The Hall–Kier alpha value is -4.56. The molecule has 1 spiro atoms. The van der Waals surface area contributed by atoms with Crippen LogP contribution in [0.4, 0.5) is 0 Å². The van der Waals surface area contributed by atoms with Gasteiger partial charge in [-0.3, -0.25) is 19.2 Å². The second-order valence-corrected chi connectivity index (χ2v) is 29.1. The van der Waals surface area contributed by atoms with Gasteiger partial charge in [0, 0.05) is 61.7 Å². The molecule has 0 unspecified atom stereocenters. The van der Waals surface area contributed by atoms with E-state index in [1.807, 2.05) is 19.1 Å². The summed E-state index contributed by atoms with van der Waals surface area (Å²) in [6.45, 7) is 11.7. The first-order valence-electron chi connectivity index (χ1n) is 33.7. The molecular formula is C71H103NO20. The number of carboxylic acid groups (broad SMARTS) is 1. The number of carbonyl (C=O) groups is 4. The van der Waals surface area contributed by atoms with Gasteiger partial charge in [0.15, 0.2) is 17.9 Å². The Morgan fingerprint density at radius 2 is 1.28 bits per heavy atom. The molecule has 6 aliphatic carbocycles. The van der Waals surface area contributed by atoms with Crippen molar-refractivity contribution in [2.24, 2.45) is 75.7 Å². The maximum atomic E-state index is 12.6. The van der Waals surface area contributed by atoms with Crippen molar-refractivity contribution >= 4 is 23.7 Å². The fourth-order valence-electron chi connectivity index (χ4n) is 17.7. The number of nitrogens with two attached hydrogens (primary N) is 1. The van der Waals surface area contributed by atoms with Crippen molar-refractivity contribution in [2.45, 2.75) is 247 Å². The number of allylic oxidation sites excluding steroid dienone is 13. The van der Waals surface area contributed by atoms with Gasteiger partial charge in [-0.2, -0.15) is 0 Å². The highest BCUT2D eigenvalue weighted by Crippen LogP contribution is 2.82. The molecule has 21 heteroatoms. The van der Waals surface area contributed by atoms with E-state index >= 15 is 0 Å². The molecule has 4 aliphatic heterocycles. The van der Waals surface area contributed by atoms with Crippen LogP contribution in [0.1, 0.15) is 144 Å². The molecule has 21 nitrogen and oxygen atoms in total. The lowest BCUT2D eigenvalue weighted by atomic mass is 9.45. The maximum absolute atomic E-state index is 12.6. The van der Waals surface area contributed by atoms with Gasteiger partial charge < -0.3 is 85.6 Å². The van der Waals surface area contributed by atoms with Crippen LogP contribution in [-0.2, 0) is 42.9 Å². The molecule has 10 rings (SSSR count). The van der Waals surface area contributed by atoms with Crippen molar-refractivity contribution in [3.8, 4) is 0 Å². The Morgan fingerprint density at radius 3 is 1.92 bits per heavy atom. The maximum Gasteiger partial charge on any atom is 0.311 e. The minimum atomic E-state index is -2.33. The molecule has 29 atom stereocenters. The summed E-state index contributed by atoms with van der Waals surface area (Å²) in [5.41, 5.74) is 7.87. The predicted molar refractivity (Wildman–Crippen MR) is 336 cm³/mol. The molecule has 0 aromatic rings. The molecule has 4 heterocycles. The molecule has 8 fully saturated rings. The van der Waals surface area contributed by atoms with Gasteiger partial charge in [-0.1, -0.05) is 118 Å². The van der Waals surface area contributed by atoms with Gasteiger partial charge in [0.1, 0.15) is 23.7 Å². The highest BCUT2D eigenvalue weighted by atomic mass is 16.7. The first-order chi connectivity index (χ1) is 43.5. The highest BCUT2D eigenvalue weighted by Gasteiger charge is 2.81. The van der Waals surface area contributed by atoms with E-state index in [0.29, 0.717) is 24.0 Å². The standard InChI is InChI=1S/C47H73NO17.C24H30O3/c1-27-17-15-13-11-9-7-5-6-8-10-12-14-16-18-34(64-46-44(58)41(48)43(57)30(4)63-46)24-38-40(45(59)60)37(54)26-47(61,65-38)25-33(51)22-36(53)35(52)20-19-31(49)21-32(50)23-39(55)62-29(3)28(2)42(27)56;1-22-6-3-12(25)9-17(22)13-10-14(13)20-16(22)4-7-23(2)21(20)15-11-18(15)24(23)8-5-19(26)27-24/h5-18,27-38,40-44,46,49-54,56-58,61H,19-26,48H2,1-4H3,(H,59,60);9,13-16,18,20-21H,3-8,10-11H2,1-2H3/b6-5+,9-7+,10-8+,13-11+,14-12+,17-15+,18-16+;/t27-,28-,29-,30+,31+,32+,33-,34-,35+,36+,37-,38-,40+,41-,42+,43+,44-,46-,47+;13-,14+,15-,16+,18+,20-,21+,22-,23+,24+/m01/s1. The fraction of sp³-hybridized carbons (Fsp3) is 0.718. The van der Waals surface area contributed by atoms with E-state index in [0.717, 1.165) is 48.9 Å². The van der Waals surface area contributed by atoms with E-state index < -0.39 is 147 Å². The van der Waals surface area contributed by atoms with E-state index in [1.54, 1.807) is 80.7 Å². The number of fused-ring (bicyclic) bond motifs is 14. The van der Waals surface area contributed by atoms with Crippen molar-refractivity contribution in [1.82, 2.24) is 0 Å². The number of hydrogen-bond donors (Lipinski definition) is 12. The first kappa shape index (κ1) is 71.7. The molecule has 3 saturated heterocycles. The van der Waals surface area contributed by atoms with Crippen LogP contribution in [0.25, 0.3) is 0 Å². The van der Waals surface area contributed by atoms with Gasteiger partial charge in [-0.15, -0.1) is 0 Å². The van der Waals surface area contributed by atoms with Crippen LogP contribution in [0.15, 0.2) is 96.7 Å². The zero-order valence-corrected chi connectivity index (χ0v) is 54.1. The SMILES string of the molecule is C[C@@H]1[C@H](O)[C@@H](C)/C=C/C=C/C=C/C=C/C=C/C=C/C=C/[C@H](O[C@@H]2O[C@H](C)[C@@H](O)[C@H](N)[C@@H]2O)C[C@@H]2O[C@](O)(C[C@@H](O)C[C@@H](O)[C@H](O)CC[C@@H](O)C[C@@H](O)CC(=O)O[C@H]1C)C[C@H](O)[C@H]2C(=O)O.C[C@]12CCC(=O)C=C1[C@@H]1C[C@@H]1[C@H]1[C@@H]3[C@@H]4C[C@@H]4[C@@]4(CCC(=O)O4)[C@@]3(C)CC[C@@H]12. The zero-order valence-electron chi connectivity index (χ0n) is 54.1. The van der Waals surface area contributed by atoms with Gasteiger partial charge in [-0.25, -0.2) is 0 Å². The van der Waals surface area contributed by atoms with Crippen LogP contribution in [0.5, 0.6) is 0 Å². The molecule has 0 aromatic carbocycles. The van der Waals surface area contributed by atoms with Gasteiger partial charge in [0.25, 0.3) is 0 Å². The number of aliphatic carboxylic acids is 1. The van der Waals surface area contributed by atoms with Crippen LogP contribution in [0, 0.1) is 70.0 Å².